The van der Waals surface area contributed by atoms with Gasteiger partial charge in [-0.15, -0.1) is 0 Å². The predicted octanol–water partition coefficient (Wildman–Crippen LogP) is 4.66. The molecule has 2 bridgehead atoms. The molecule has 0 aromatic heterocycles. The molecule has 0 spiro atoms. The first kappa shape index (κ1) is 16.9. The molecule has 2 atom stereocenters. The fraction of sp³-hybridized carbons (Fsp3) is 0.500. The van der Waals surface area contributed by atoms with Crippen LogP contribution in [0.5, 0.6) is 0 Å². The van der Waals surface area contributed by atoms with E-state index in [1.54, 1.807) is 31.7 Å². The van der Waals surface area contributed by atoms with Gasteiger partial charge in [-0.2, -0.15) is 0 Å². The summed E-state index contributed by atoms with van der Waals surface area (Å²) in [6.07, 6.45) is 3.30. The third kappa shape index (κ3) is 3.01. The van der Waals surface area contributed by atoms with Gasteiger partial charge in [-0.25, -0.2) is 18.0 Å². The Balaban J connectivity index is 1.88. The maximum atomic E-state index is 14.0. The zero-order valence-electron chi connectivity index (χ0n) is 13.9. The summed E-state index contributed by atoms with van der Waals surface area (Å²) in [5.74, 6) is -3.84. The maximum absolute atomic E-state index is 14.0. The quantitative estimate of drug-likeness (QED) is 0.697. The van der Waals surface area contributed by atoms with Crippen molar-refractivity contribution in [1.29, 1.82) is 0 Å². The minimum atomic E-state index is -1.46. The summed E-state index contributed by atoms with van der Waals surface area (Å²) in [5.41, 5.74) is 0.0838. The normalized spacial score (nSPS) is 23.2. The lowest BCUT2D eigenvalue weighted by Crippen LogP contribution is -2.45. The lowest BCUT2D eigenvalue weighted by molar-refractivity contribution is 0.0175. The van der Waals surface area contributed by atoms with E-state index in [4.69, 9.17) is 4.74 Å². The molecule has 0 N–H and O–H groups in total. The summed E-state index contributed by atoms with van der Waals surface area (Å²) in [6.45, 7) is 5.40. The first-order chi connectivity index (χ1) is 11.2. The van der Waals surface area contributed by atoms with Gasteiger partial charge in [-0.3, -0.25) is 4.90 Å². The molecule has 1 aromatic rings. The van der Waals surface area contributed by atoms with Crippen LogP contribution in [0.3, 0.4) is 0 Å². The minimum Gasteiger partial charge on any atom is -0.444 e. The van der Waals surface area contributed by atoms with Crippen LogP contribution in [0.15, 0.2) is 18.2 Å². The molecule has 130 valence electrons. The van der Waals surface area contributed by atoms with Gasteiger partial charge in [0.1, 0.15) is 5.60 Å². The second kappa shape index (κ2) is 5.83. The van der Waals surface area contributed by atoms with E-state index in [0.717, 1.165) is 18.9 Å². The van der Waals surface area contributed by atoms with Crippen molar-refractivity contribution < 1.29 is 22.7 Å². The largest absolute Gasteiger partial charge is 0.444 e. The fourth-order valence-corrected chi connectivity index (χ4v) is 3.40. The number of rotatable bonds is 1. The van der Waals surface area contributed by atoms with E-state index in [2.05, 4.69) is 0 Å². The Kier molecular flexibility index (Phi) is 4.10. The Hall–Kier alpha value is -1.98. The first-order valence-electron chi connectivity index (χ1n) is 8.03. The van der Waals surface area contributed by atoms with Crippen molar-refractivity contribution in [2.45, 2.75) is 57.7 Å². The Morgan fingerprint density at radius 2 is 1.88 bits per heavy atom. The molecule has 1 fully saturated rings. The molecule has 2 aliphatic heterocycles. The van der Waals surface area contributed by atoms with Crippen LogP contribution >= 0.6 is 0 Å². The topological polar surface area (TPSA) is 29.5 Å². The maximum Gasteiger partial charge on any atom is 0.411 e. The van der Waals surface area contributed by atoms with Gasteiger partial charge >= 0.3 is 6.09 Å². The highest BCUT2D eigenvalue weighted by molar-refractivity contribution is 5.75. The molecular formula is C18H20F3NO2. The fourth-order valence-electron chi connectivity index (χ4n) is 3.40. The molecule has 2 unspecified atom stereocenters. The van der Waals surface area contributed by atoms with Crippen LogP contribution < -0.4 is 0 Å². The molecule has 3 rings (SSSR count). The number of hydrogen-bond donors (Lipinski definition) is 0. The number of nitrogens with zero attached hydrogens (tertiary/aromatic N) is 1. The summed E-state index contributed by atoms with van der Waals surface area (Å²) in [4.78, 5) is 14.0. The number of ether oxygens (including phenoxy) is 1. The average Bonchev–Trinajstić information content (AvgIpc) is 2.74. The van der Waals surface area contributed by atoms with E-state index in [0.29, 0.717) is 12.0 Å². The van der Waals surface area contributed by atoms with Crippen LogP contribution in [0, 0.1) is 17.5 Å². The SMILES string of the molecule is CC(C)(C)OC(=O)N1C2C=C(c3ccc(F)c(F)c3F)CC1CC2. The highest BCUT2D eigenvalue weighted by atomic mass is 19.2. The predicted molar refractivity (Wildman–Crippen MR) is 83.8 cm³/mol. The Labute approximate surface area is 139 Å². The highest BCUT2D eigenvalue weighted by Gasteiger charge is 2.42. The first-order valence-corrected chi connectivity index (χ1v) is 8.03. The minimum absolute atomic E-state index is 0.0645. The van der Waals surface area contributed by atoms with E-state index in [1.807, 2.05) is 0 Å². The molecule has 0 aliphatic carbocycles. The highest BCUT2D eigenvalue weighted by Crippen LogP contribution is 2.40. The summed E-state index contributed by atoms with van der Waals surface area (Å²) < 4.78 is 46.1. The van der Waals surface area contributed by atoms with Gasteiger partial charge in [0.2, 0.25) is 0 Å². The number of halogens is 3. The average molecular weight is 339 g/mol. The molecule has 2 heterocycles. The molecule has 24 heavy (non-hydrogen) atoms. The number of amides is 1. The third-order valence-corrected chi connectivity index (χ3v) is 4.38. The standard InChI is InChI=1S/C18H20F3NO2/c1-18(2,3)24-17(23)22-11-4-5-12(22)9-10(8-11)13-6-7-14(19)16(21)15(13)20/h6-8,11-12H,4-5,9H2,1-3H3. The van der Waals surface area contributed by atoms with Crippen molar-refractivity contribution >= 4 is 11.7 Å². The third-order valence-electron chi connectivity index (χ3n) is 4.38. The lowest BCUT2D eigenvalue weighted by atomic mass is 9.94. The second-order valence-electron chi connectivity index (χ2n) is 7.31. The van der Waals surface area contributed by atoms with Crippen molar-refractivity contribution in [3.05, 3.63) is 41.2 Å². The van der Waals surface area contributed by atoms with Gasteiger partial charge in [0.25, 0.3) is 0 Å². The van der Waals surface area contributed by atoms with E-state index >= 15 is 0 Å². The van der Waals surface area contributed by atoms with Gasteiger partial charge in [0.05, 0.1) is 6.04 Å². The van der Waals surface area contributed by atoms with Crippen molar-refractivity contribution in [3.63, 3.8) is 0 Å². The molecule has 1 aromatic carbocycles. The number of carbonyl (C=O) groups excluding carboxylic acids is 1. The van der Waals surface area contributed by atoms with Crippen molar-refractivity contribution in [1.82, 2.24) is 4.90 Å². The van der Waals surface area contributed by atoms with Gasteiger partial charge in [0.15, 0.2) is 17.5 Å². The molecular weight excluding hydrogens is 319 g/mol. The second-order valence-corrected chi connectivity index (χ2v) is 7.31. The molecule has 2 aliphatic rings. The van der Waals surface area contributed by atoms with Crippen molar-refractivity contribution in [2.24, 2.45) is 0 Å². The Morgan fingerprint density at radius 3 is 2.50 bits per heavy atom. The lowest BCUT2D eigenvalue weighted by Gasteiger charge is -2.35. The van der Waals surface area contributed by atoms with Gasteiger partial charge in [0, 0.05) is 11.6 Å². The van der Waals surface area contributed by atoms with E-state index in [1.165, 1.54) is 6.07 Å². The van der Waals surface area contributed by atoms with Crippen molar-refractivity contribution in [3.8, 4) is 0 Å². The van der Waals surface area contributed by atoms with Crippen LogP contribution in [-0.2, 0) is 4.74 Å². The summed E-state index contributed by atoms with van der Waals surface area (Å²) in [7, 11) is 0. The number of benzene rings is 1. The number of hydrogen-bond acceptors (Lipinski definition) is 2. The number of carbonyl (C=O) groups is 1. The van der Waals surface area contributed by atoms with E-state index in [-0.39, 0.29) is 17.6 Å². The van der Waals surface area contributed by atoms with Crippen LogP contribution in [-0.4, -0.2) is 28.7 Å². The van der Waals surface area contributed by atoms with Gasteiger partial charge < -0.3 is 4.74 Å². The molecule has 1 saturated heterocycles. The molecule has 3 nitrogen and oxygen atoms in total. The number of fused-ring (bicyclic) bond motifs is 2. The van der Waals surface area contributed by atoms with Crippen molar-refractivity contribution in [2.75, 3.05) is 0 Å². The molecule has 1 amide bonds. The van der Waals surface area contributed by atoms with Crippen LogP contribution in [0.2, 0.25) is 0 Å². The van der Waals surface area contributed by atoms with Gasteiger partial charge in [-0.1, -0.05) is 6.08 Å². The summed E-state index contributed by atoms with van der Waals surface area (Å²) in [5, 5.41) is 0. The van der Waals surface area contributed by atoms with E-state index in [9.17, 15) is 18.0 Å². The molecule has 0 radical (unpaired) electrons. The smallest absolute Gasteiger partial charge is 0.411 e. The monoisotopic (exact) mass is 339 g/mol. The van der Waals surface area contributed by atoms with Crippen LogP contribution in [0.4, 0.5) is 18.0 Å². The summed E-state index contributed by atoms with van der Waals surface area (Å²) in [6, 6.07) is 1.86. The summed E-state index contributed by atoms with van der Waals surface area (Å²) >= 11 is 0. The van der Waals surface area contributed by atoms with Gasteiger partial charge in [-0.05, 0) is 57.7 Å². The Bertz CT molecular complexity index is 709. The van der Waals surface area contributed by atoms with Crippen LogP contribution in [0.25, 0.3) is 5.57 Å². The zero-order chi connectivity index (χ0) is 17.6. The Morgan fingerprint density at radius 1 is 1.17 bits per heavy atom. The van der Waals surface area contributed by atoms with E-state index < -0.39 is 29.1 Å². The molecule has 6 heteroatoms. The molecule has 0 saturated carbocycles. The zero-order valence-corrected chi connectivity index (χ0v) is 13.9. The van der Waals surface area contributed by atoms with Crippen LogP contribution in [0.1, 0.15) is 45.6 Å².